The summed E-state index contributed by atoms with van der Waals surface area (Å²) in [5.41, 5.74) is 7.84. The SMILES string of the molecule is Cc1ccc(C)n1-c1ccc(C(O)CNC(C)Cc2cccc(CC(=O)NCc3ccc(C(=O)NCCOCCCc4ccccc4)cc3)c2)cn1. The van der Waals surface area contributed by atoms with E-state index in [1.807, 2.05) is 68.4 Å². The molecule has 9 heteroatoms. The molecular formula is C43H51N5O4. The average molecular weight is 702 g/mol. The summed E-state index contributed by atoms with van der Waals surface area (Å²) < 4.78 is 7.75. The molecule has 2 heterocycles. The molecule has 0 saturated heterocycles. The van der Waals surface area contributed by atoms with Crippen molar-refractivity contribution in [2.45, 2.75) is 65.1 Å². The maximum absolute atomic E-state index is 12.8. The van der Waals surface area contributed by atoms with Crippen LogP contribution in [0.15, 0.2) is 109 Å². The maximum atomic E-state index is 12.8. The quantitative estimate of drug-likeness (QED) is 0.0788. The van der Waals surface area contributed by atoms with Gasteiger partial charge < -0.3 is 30.4 Å². The molecule has 4 N–H and O–H groups in total. The topological polar surface area (TPSA) is 118 Å². The largest absolute Gasteiger partial charge is 0.387 e. The van der Waals surface area contributed by atoms with Crippen LogP contribution < -0.4 is 16.0 Å². The number of amides is 2. The molecule has 5 aromatic rings. The number of hydrogen-bond acceptors (Lipinski definition) is 6. The van der Waals surface area contributed by atoms with Crippen LogP contribution in [0.1, 0.15) is 69.0 Å². The van der Waals surface area contributed by atoms with E-state index >= 15 is 0 Å². The molecule has 2 amide bonds. The standard InChI is InChI=1S/C43H51N5O4/c1-31(45-30-40(49)39-20-21-41(46-29-39)48-32(2)14-15-33(48)3)25-36-11-7-12-37(26-36)27-42(50)47-28-35-16-18-38(19-17-35)43(51)44-22-24-52-23-8-13-34-9-5-4-6-10-34/h4-7,9-12,14-21,26,29,31,40,45,49H,8,13,22-25,27-28,30H2,1-3H3,(H,44,51)(H,47,50). The molecule has 0 radical (unpaired) electrons. The Kier molecular flexibility index (Phi) is 14.3. The summed E-state index contributed by atoms with van der Waals surface area (Å²) in [6, 6.07) is 33.7. The van der Waals surface area contributed by atoms with Crippen LogP contribution in [-0.2, 0) is 35.3 Å². The van der Waals surface area contributed by atoms with Gasteiger partial charge in [-0.2, -0.15) is 0 Å². The van der Waals surface area contributed by atoms with Gasteiger partial charge in [0.1, 0.15) is 5.82 Å². The molecule has 0 bridgehead atoms. The van der Waals surface area contributed by atoms with E-state index in [1.54, 1.807) is 18.3 Å². The second-order valence-corrected chi connectivity index (χ2v) is 13.4. The highest BCUT2D eigenvalue weighted by atomic mass is 16.5. The predicted octanol–water partition coefficient (Wildman–Crippen LogP) is 5.98. The fourth-order valence-corrected chi connectivity index (χ4v) is 6.17. The molecule has 2 aromatic heterocycles. The molecule has 52 heavy (non-hydrogen) atoms. The van der Waals surface area contributed by atoms with E-state index in [0.717, 1.165) is 58.7 Å². The first-order valence-corrected chi connectivity index (χ1v) is 18.1. The number of nitrogens with one attached hydrogen (secondary N) is 3. The number of pyridine rings is 1. The first-order valence-electron chi connectivity index (χ1n) is 18.1. The van der Waals surface area contributed by atoms with Crippen molar-refractivity contribution < 1.29 is 19.4 Å². The Hall–Kier alpha value is -5.09. The summed E-state index contributed by atoms with van der Waals surface area (Å²) in [6.07, 6.45) is 4.01. The highest BCUT2D eigenvalue weighted by Crippen LogP contribution is 2.18. The van der Waals surface area contributed by atoms with Crippen molar-refractivity contribution >= 4 is 11.8 Å². The van der Waals surface area contributed by atoms with E-state index in [-0.39, 0.29) is 24.3 Å². The Balaban J connectivity index is 0.972. The van der Waals surface area contributed by atoms with Gasteiger partial charge in [0.2, 0.25) is 5.91 Å². The lowest BCUT2D eigenvalue weighted by molar-refractivity contribution is -0.120. The number of aliphatic hydroxyl groups excluding tert-OH is 1. The number of benzene rings is 3. The molecule has 2 unspecified atom stereocenters. The van der Waals surface area contributed by atoms with Crippen LogP contribution in [-0.4, -0.2) is 58.8 Å². The van der Waals surface area contributed by atoms with Gasteiger partial charge in [-0.25, -0.2) is 4.98 Å². The van der Waals surface area contributed by atoms with E-state index in [1.165, 1.54) is 5.56 Å². The molecule has 2 atom stereocenters. The van der Waals surface area contributed by atoms with Gasteiger partial charge in [-0.1, -0.05) is 72.8 Å². The number of aromatic nitrogens is 2. The Labute approximate surface area is 307 Å². The summed E-state index contributed by atoms with van der Waals surface area (Å²) in [4.78, 5) is 29.9. The van der Waals surface area contributed by atoms with Gasteiger partial charge in [0.05, 0.1) is 19.1 Å². The summed E-state index contributed by atoms with van der Waals surface area (Å²) in [5.74, 6) is 0.619. The monoisotopic (exact) mass is 701 g/mol. The Bertz CT molecular complexity index is 1840. The van der Waals surface area contributed by atoms with Crippen LogP contribution in [0.5, 0.6) is 0 Å². The van der Waals surface area contributed by atoms with Crippen molar-refractivity contribution in [2.24, 2.45) is 0 Å². The molecule has 9 nitrogen and oxygen atoms in total. The van der Waals surface area contributed by atoms with Gasteiger partial charge >= 0.3 is 0 Å². The minimum atomic E-state index is -0.676. The Morgan fingerprint density at radius 2 is 1.54 bits per heavy atom. The molecule has 0 spiro atoms. The predicted molar refractivity (Wildman–Crippen MR) is 206 cm³/mol. The van der Waals surface area contributed by atoms with Gasteiger partial charge in [-0.05, 0) is 92.6 Å². The summed E-state index contributed by atoms with van der Waals surface area (Å²) in [6.45, 7) is 8.54. The maximum Gasteiger partial charge on any atom is 0.251 e. The minimum Gasteiger partial charge on any atom is -0.387 e. The number of carbonyl (C=O) groups is 2. The van der Waals surface area contributed by atoms with Crippen molar-refractivity contribution in [3.63, 3.8) is 0 Å². The van der Waals surface area contributed by atoms with Gasteiger partial charge in [0.25, 0.3) is 5.91 Å². The van der Waals surface area contributed by atoms with Crippen LogP contribution in [0, 0.1) is 13.8 Å². The molecule has 0 fully saturated rings. The third-order valence-electron chi connectivity index (χ3n) is 9.05. The third kappa shape index (κ3) is 11.7. The number of nitrogens with zero attached hydrogens (tertiary/aromatic N) is 2. The van der Waals surface area contributed by atoms with Gasteiger partial charge in [-0.15, -0.1) is 0 Å². The third-order valence-corrected chi connectivity index (χ3v) is 9.05. The van der Waals surface area contributed by atoms with Gasteiger partial charge in [0.15, 0.2) is 0 Å². The smallest absolute Gasteiger partial charge is 0.251 e. The number of hydrogen-bond donors (Lipinski definition) is 4. The van der Waals surface area contributed by atoms with Crippen molar-refractivity contribution in [2.75, 3.05) is 26.3 Å². The fraction of sp³-hybridized carbons (Fsp3) is 0.326. The first kappa shape index (κ1) is 38.1. The van der Waals surface area contributed by atoms with E-state index < -0.39 is 6.10 Å². The summed E-state index contributed by atoms with van der Waals surface area (Å²) in [5, 5.41) is 20.1. The number of aryl methyl sites for hydroxylation is 3. The molecule has 0 aliphatic rings. The molecule has 5 rings (SSSR count). The zero-order valence-corrected chi connectivity index (χ0v) is 30.5. The summed E-state index contributed by atoms with van der Waals surface area (Å²) in [7, 11) is 0. The normalized spacial score (nSPS) is 12.3. The zero-order chi connectivity index (χ0) is 36.7. The second-order valence-electron chi connectivity index (χ2n) is 13.4. The minimum absolute atomic E-state index is 0.0706. The van der Waals surface area contributed by atoms with Crippen molar-refractivity contribution in [1.82, 2.24) is 25.5 Å². The van der Waals surface area contributed by atoms with E-state index in [4.69, 9.17) is 4.74 Å². The van der Waals surface area contributed by atoms with Crippen molar-refractivity contribution in [1.29, 1.82) is 0 Å². The number of carbonyl (C=O) groups excluding carboxylic acids is 2. The lowest BCUT2D eigenvalue weighted by atomic mass is 10.0. The first-order chi connectivity index (χ1) is 25.2. The van der Waals surface area contributed by atoms with Crippen LogP contribution in [0.25, 0.3) is 5.82 Å². The Morgan fingerprint density at radius 1 is 0.808 bits per heavy atom. The van der Waals surface area contributed by atoms with Crippen LogP contribution in [0.3, 0.4) is 0 Å². The number of rotatable bonds is 19. The molecule has 0 aliphatic carbocycles. The molecule has 0 aliphatic heterocycles. The zero-order valence-electron chi connectivity index (χ0n) is 30.5. The van der Waals surface area contributed by atoms with Crippen molar-refractivity contribution in [3.05, 3.63) is 154 Å². The molecule has 0 saturated carbocycles. The Morgan fingerprint density at radius 3 is 2.27 bits per heavy atom. The fourth-order valence-electron chi connectivity index (χ4n) is 6.17. The van der Waals surface area contributed by atoms with Crippen molar-refractivity contribution in [3.8, 4) is 5.82 Å². The van der Waals surface area contributed by atoms with Gasteiger partial charge in [-0.3, -0.25) is 9.59 Å². The van der Waals surface area contributed by atoms with Crippen LogP contribution in [0.2, 0.25) is 0 Å². The molecule has 272 valence electrons. The lowest BCUT2D eigenvalue weighted by Gasteiger charge is -2.18. The average Bonchev–Trinajstić information content (AvgIpc) is 3.50. The number of aliphatic hydroxyl groups is 1. The molecule has 3 aromatic carbocycles. The highest BCUT2D eigenvalue weighted by Gasteiger charge is 2.13. The highest BCUT2D eigenvalue weighted by molar-refractivity contribution is 5.94. The van der Waals surface area contributed by atoms with Gasteiger partial charge in [0, 0.05) is 61.0 Å². The lowest BCUT2D eigenvalue weighted by Crippen LogP contribution is -2.32. The summed E-state index contributed by atoms with van der Waals surface area (Å²) >= 11 is 0. The number of ether oxygens (including phenoxy) is 1. The van der Waals surface area contributed by atoms with Crippen LogP contribution >= 0.6 is 0 Å². The van der Waals surface area contributed by atoms with E-state index in [9.17, 15) is 14.7 Å². The van der Waals surface area contributed by atoms with E-state index in [2.05, 4.69) is 68.8 Å². The second kappa shape index (κ2) is 19.5. The van der Waals surface area contributed by atoms with Crippen LogP contribution in [0.4, 0.5) is 0 Å². The van der Waals surface area contributed by atoms with E-state index in [0.29, 0.717) is 38.4 Å². The molecular weight excluding hydrogens is 651 g/mol.